The lowest BCUT2D eigenvalue weighted by atomic mass is 9.60. The van der Waals surface area contributed by atoms with Gasteiger partial charge in [0.25, 0.3) is 0 Å². The molecule has 0 heterocycles. The summed E-state index contributed by atoms with van der Waals surface area (Å²) >= 11 is 0. The molecule has 0 saturated heterocycles. The molecule has 1 aromatic carbocycles. The van der Waals surface area contributed by atoms with Crippen molar-refractivity contribution in [1.82, 2.24) is 0 Å². The van der Waals surface area contributed by atoms with Crippen LogP contribution in [0.15, 0.2) is 18.2 Å². The molecule has 1 saturated carbocycles. The Kier molecular flexibility index (Phi) is 4.80. The number of phenolic OH excluding ortho intramolecular Hbond substituents is 1. The molecule has 0 aromatic heterocycles. The predicted octanol–water partition coefficient (Wildman–Crippen LogP) is 1.62. The summed E-state index contributed by atoms with van der Waals surface area (Å²) in [5, 5.41) is 20.4. The van der Waals surface area contributed by atoms with Crippen LogP contribution in [-0.2, 0) is 14.4 Å². The number of aliphatic hydroxyl groups is 1. The van der Waals surface area contributed by atoms with Crippen molar-refractivity contribution in [2.24, 2.45) is 11.8 Å². The Morgan fingerprint density at radius 1 is 1.25 bits per heavy atom. The van der Waals surface area contributed by atoms with E-state index >= 15 is 0 Å². The smallest absolute Gasteiger partial charge is 0.160 e. The highest BCUT2D eigenvalue weighted by Crippen LogP contribution is 2.47. The van der Waals surface area contributed by atoms with Crippen molar-refractivity contribution in [2.45, 2.75) is 38.7 Å². The molecule has 6 heteroatoms. The monoisotopic (exact) mass is 334 g/mol. The van der Waals surface area contributed by atoms with Crippen molar-refractivity contribution >= 4 is 17.3 Å². The molecule has 4 atom stereocenters. The van der Waals surface area contributed by atoms with Gasteiger partial charge in [-0.05, 0) is 38.5 Å². The van der Waals surface area contributed by atoms with Gasteiger partial charge < -0.3 is 14.9 Å². The van der Waals surface area contributed by atoms with Crippen LogP contribution in [0.3, 0.4) is 0 Å². The number of hydrogen-bond acceptors (Lipinski definition) is 6. The molecule has 1 aliphatic rings. The Hall–Kier alpha value is -2.21. The van der Waals surface area contributed by atoms with Crippen LogP contribution in [0.1, 0.15) is 38.7 Å². The minimum atomic E-state index is -1.54. The standard InChI is InChI=1S/C18H22O6/c1-9(19)15-13(22)8-18(3,23)17(10(2)20)16(15)11-5-6-12(21)14(7-11)24-4/h5-7,15-17,21,23H,8H2,1-4H3/t15-,16-,17-,18+/m1/s1. The van der Waals surface area contributed by atoms with E-state index < -0.39 is 23.4 Å². The van der Waals surface area contributed by atoms with E-state index in [1.807, 2.05) is 0 Å². The van der Waals surface area contributed by atoms with Crippen molar-refractivity contribution in [1.29, 1.82) is 0 Å². The van der Waals surface area contributed by atoms with Gasteiger partial charge in [0.05, 0.1) is 24.5 Å². The summed E-state index contributed by atoms with van der Waals surface area (Å²) in [4.78, 5) is 36.8. The second-order valence-electron chi connectivity index (χ2n) is 6.63. The largest absolute Gasteiger partial charge is 0.504 e. The molecule has 24 heavy (non-hydrogen) atoms. The third kappa shape index (κ3) is 3.06. The van der Waals surface area contributed by atoms with Crippen LogP contribution < -0.4 is 4.74 Å². The molecule has 0 unspecified atom stereocenters. The highest BCUT2D eigenvalue weighted by molar-refractivity contribution is 6.05. The average molecular weight is 334 g/mol. The number of carbonyl (C=O) groups is 3. The van der Waals surface area contributed by atoms with Gasteiger partial charge in [0.2, 0.25) is 0 Å². The quantitative estimate of drug-likeness (QED) is 0.812. The third-order valence-electron chi connectivity index (χ3n) is 4.73. The van der Waals surface area contributed by atoms with E-state index in [-0.39, 0.29) is 35.3 Å². The lowest BCUT2D eigenvalue weighted by Gasteiger charge is -2.44. The Bertz CT molecular complexity index is 691. The Morgan fingerprint density at radius 2 is 1.88 bits per heavy atom. The molecular weight excluding hydrogens is 312 g/mol. The van der Waals surface area contributed by atoms with Crippen LogP contribution in [-0.4, -0.2) is 40.3 Å². The minimum Gasteiger partial charge on any atom is -0.504 e. The van der Waals surface area contributed by atoms with Gasteiger partial charge in [-0.15, -0.1) is 0 Å². The Morgan fingerprint density at radius 3 is 2.38 bits per heavy atom. The van der Waals surface area contributed by atoms with E-state index in [1.54, 1.807) is 6.07 Å². The zero-order chi connectivity index (χ0) is 18.2. The van der Waals surface area contributed by atoms with E-state index in [2.05, 4.69) is 0 Å². The molecule has 2 N–H and O–H groups in total. The second-order valence-corrected chi connectivity index (χ2v) is 6.63. The van der Waals surface area contributed by atoms with Crippen LogP contribution in [0.4, 0.5) is 0 Å². The van der Waals surface area contributed by atoms with Crippen molar-refractivity contribution < 1.29 is 29.3 Å². The van der Waals surface area contributed by atoms with E-state index in [1.165, 1.54) is 40.0 Å². The lowest BCUT2D eigenvalue weighted by Crippen LogP contribution is -2.53. The molecule has 1 fully saturated rings. The van der Waals surface area contributed by atoms with Gasteiger partial charge in [-0.25, -0.2) is 0 Å². The molecule has 0 amide bonds. The van der Waals surface area contributed by atoms with Crippen molar-refractivity contribution in [2.75, 3.05) is 7.11 Å². The normalized spacial score (nSPS) is 30.0. The maximum Gasteiger partial charge on any atom is 0.160 e. The van der Waals surface area contributed by atoms with E-state index in [0.29, 0.717) is 5.56 Å². The summed E-state index contributed by atoms with van der Waals surface area (Å²) < 4.78 is 5.08. The molecule has 6 nitrogen and oxygen atoms in total. The molecule has 0 radical (unpaired) electrons. The summed E-state index contributed by atoms with van der Waals surface area (Å²) in [6, 6.07) is 4.43. The summed E-state index contributed by atoms with van der Waals surface area (Å²) in [5.74, 6) is -3.65. The summed E-state index contributed by atoms with van der Waals surface area (Å²) in [7, 11) is 1.38. The van der Waals surface area contributed by atoms with Crippen molar-refractivity contribution in [3.8, 4) is 11.5 Å². The maximum atomic E-state index is 12.5. The number of phenols is 1. The van der Waals surface area contributed by atoms with Gasteiger partial charge in [0.15, 0.2) is 11.5 Å². The first-order valence-corrected chi connectivity index (χ1v) is 7.73. The number of ketones is 3. The van der Waals surface area contributed by atoms with Crippen molar-refractivity contribution in [3.63, 3.8) is 0 Å². The fourth-order valence-electron chi connectivity index (χ4n) is 3.81. The predicted molar refractivity (Wildman–Crippen MR) is 86.0 cm³/mol. The first kappa shape index (κ1) is 18.1. The average Bonchev–Trinajstić information content (AvgIpc) is 2.44. The first-order chi connectivity index (χ1) is 11.1. The van der Waals surface area contributed by atoms with E-state index in [9.17, 15) is 24.6 Å². The minimum absolute atomic E-state index is 0.0890. The molecule has 0 aliphatic heterocycles. The lowest BCUT2D eigenvalue weighted by molar-refractivity contribution is -0.151. The third-order valence-corrected chi connectivity index (χ3v) is 4.73. The van der Waals surface area contributed by atoms with Gasteiger partial charge in [-0.1, -0.05) is 6.07 Å². The maximum absolute atomic E-state index is 12.5. The van der Waals surface area contributed by atoms with Gasteiger partial charge in [0.1, 0.15) is 17.3 Å². The van der Waals surface area contributed by atoms with Gasteiger partial charge in [-0.3, -0.25) is 14.4 Å². The number of Topliss-reactive ketones (excluding diaryl/α,β-unsaturated/α-hetero) is 3. The zero-order valence-corrected chi connectivity index (χ0v) is 14.2. The summed E-state index contributed by atoms with van der Waals surface area (Å²) in [5.41, 5.74) is -1.04. The molecular formula is C18H22O6. The molecule has 1 aliphatic carbocycles. The summed E-state index contributed by atoms with van der Waals surface area (Å²) in [6.07, 6.45) is -0.243. The zero-order valence-electron chi connectivity index (χ0n) is 14.2. The van der Waals surface area contributed by atoms with Crippen molar-refractivity contribution in [3.05, 3.63) is 23.8 Å². The molecule has 1 aromatic rings. The van der Waals surface area contributed by atoms with Gasteiger partial charge >= 0.3 is 0 Å². The number of rotatable bonds is 4. The number of ether oxygens (including phenoxy) is 1. The first-order valence-electron chi connectivity index (χ1n) is 7.73. The number of carbonyl (C=O) groups excluding carboxylic acids is 3. The molecule has 130 valence electrons. The van der Waals surface area contributed by atoms with Gasteiger partial charge in [-0.2, -0.15) is 0 Å². The van der Waals surface area contributed by atoms with E-state index in [0.717, 1.165) is 0 Å². The van der Waals surface area contributed by atoms with Gasteiger partial charge in [0, 0.05) is 12.3 Å². The number of aromatic hydroxyl groups is 1. The second kappa shape index (κ2) is 6.36. The topological polar surface area (TPSA) is 101 Å². The SMILES string of the molecule is COc1cc([C@@H]2[C@H](C(C)=O)C(=O)C[C@](C)(O)[C@@H]2C(C)=O)ccc1O. The number of benzene rings is 1. The highest BCUT2D eigenvalue weighted by Gasteiger charge is 2.53. The molecule has 2 rings (SSSR count). The van der Waals surface area contributed by atoms with Crippen LogP contribution in [0.25, 0.3) is 0 Å². The molecule has 0 bridgehead atoms. The Balaban J connectivity index is 2.67. The van der Waals surface area contributed by atoms with Crippen LogP contribution in [0, 0.1) is 11.8 Å². The van der Waals surface area contributed by atoms with E-state index in [4.69, 9.17) is 4.74 Å². The van der Waals surface area contributed by atoms with Crippen LogP contribution >= 0.6 is 0 Å². The number of methoxy groups -OCH3 is 1. The molecule has 0 spiro atoms. The number of hydrogen-bond donors (Lipinski definition) is 2. The fraction of sp³-hybridized carbons (Fsp3) is 0.500. The fourth-order valence-corrected chi connectivity index (χ4v) is 3.81. The Labute approximate surface area is 140 Å². The van der Waals surface area contributed by atoms with Crippen LogP contribution in [0.2, 0.25) is 0 Å². The highest BCUT2D eigenvalue weighted by atomic mass is 16.5. The van der Waals surface area contributed by atoms with Crippen LogP contribution in [0.5, 0.6) is 11.5 Å². The summed E-state index contributed by atoms with van der Waals surface area (Å²) in [6.45, 7) is 4.10.